The predicted molar refractivity (Wildman–Crippen MR) is 107 cm³/mol. The Hall–Kier alpha value is -2.13. The number of piperidine rings is 1. The van der Waals surface area contributed by atoms with Crippen LogP contribution < -0.4 is 5.32 Å². The molecule has 5 nitrogen and oxygen atoms in total. The van der Waals surface area contributed by atoms with Gasteiger partial charge in [-0.2, -0.15) is 0 Å². The summed E-state index contributed by atoms with van der Waals surface area (Å²) in [5, 5.41) is 4.40. The highest BCUT2D eigenvalue weighted by molar-refractivity contribution is 8.00. The monoisotopic (exact) mass is 423 g/mol. The lowest BCUT2D eigenvalue weighted by Gasteiger charge is -2.43. The maximum Gasteiger partial charge on any atom is 0.321 e. The number of carbonyl (C=O) groups is 2. The smallest absolute Gasteiger partial charge is 0.321 e. The summed E-state index contributed by atoms with van der Waals surface area (Å²) in [4.78, 5) is 29.3. The van der Waals surface area contributed by atoms with Gasteiger partial charge in [-0.15, -0.1) is 23.1 Å². The fourth-order valence-electron chi connectivity index (χ4n) is 3.69. The molecule has 3 heterocycles. The zero-order valence-electron chi connectivity index (χ0n) is 15.0. The Kier molecular flexibility index (Phi) is 5.29. The van der Waals surface area contributed by atoms with Crippen molar-refractivity contribution in [3.8, 4) is 0 Å². The number of benzene rings is 1. The number of hydrogen-bond donors (Lipinski definition) is 1. The maximum absolute atomic E-state index is 13.8. The molecule has 2 aliphatic heterocycles. The number of nitrogens with one attached hydrogen (secondary N) is 1. The predicted octanol–water partition coefficient (Wildman–Crippen LogP) is 4.24. The first kappa shape index (κ1) is 19.2. The van der Waals surface area contributed by atoms with Crippen molar-refractivity contribution < 1.29 is 18.4 Å². The fourth-order valence-corrected chi connectivity index (χ4v) is 5.81. The maximum atomic E-state index is 13.8. The lowest BCUT2D eigenvalue weighted by Crippen LogP contribution is -2.54. The van der Waals surface area contributed by atoms with E-state index in [-0.39, 0.29) is 16.5 Å². The lowest BCUT2D eigenvalue weighted by molar-refractivity contribution is 0.0590. The number of thiophene rings is 1. The Morgan fingerprint density at radius 3 is 2.57 bits per heavy atom. The van der Waals surface area contributed by atoms with Crippen molar-refractivity contribution in [2.45, 2.75) is 17.7 Å². The van der Waals surface area contributed by atoms with Crippen molar-refractivity contribution in [1.29, 1.82) is 0 Å². The van der Waals surface area contributed by atoms with Crippen molar-refractivity contribution in [2.75, 3.05) is 30.7 Å². The van der Waals surface area contributed by atoms with Crippen LogP contribution in [0.2, 0.25) is 0 Å². The molecule has 1 spiro atoms. The molecule has 0 unspecified atom stereocenters. The number of urea groups is 1. The zero-order chi connectivity index (χ0) is 19.7. The Morgan fingerprint density at radius 2 is 1.89 bits per heavy atom. The molecule has 1 N–H and O–H groups in total. The van der Waals surface area contributed by atoms with Crippen molar-refractivity contribution in [3.63, 3.8) is 0 Å². The summed E-state index contributed by atoms with van der Waals surface area (Å²) in [7, 11) is 0. The molecule has 0 atom stereocenters. The standard InChI is InChI=1S/C19H19F2N3O2S2/c20-13-3-4-15(14(21)12-13)22-18(26)23-7-5-19(6-8-23)24(9-11-28-19)17(25)16-2-1-10-27-16/h1-4,10,12H,5-9,11H2,(H,22,26). The lowest BCUT2D eigenvalue weighted by atomic mass is 10.0. The van der Waals surface area contributed by atoms with Crippen LogP contribution in [0.15, 0.2) is 35.7 Å². The first-order valence-electron chi connectivity index (χ1n) is 8.99. The summed E-state index contributed by atoms with van der Waals surface area (Å²) in [6.07, 6.45) is 1.32. The average Bonchev–Trinajstić information content (AvgIpc) is 3.35. The largest absolute Gasteiger partial charge is 0.324 e. The number of thioether (sulfide) groups is 1. The third-order valence-electron chi connectivity index (χ3n) is 5.16. The minimum absolute atomic E-state index is 0.0450. The molecule has 9 heteroatoms. The second kappa shape index (κ2) is 7.71. The van der Waals surface area contributed by atoms with Gasteiger partial charge in [0.05, 0.1) is 15.4 Å². The number of anilines is 1. The molecule has 0 bridgehead atoms. The summed E-state index contributed by atoms with van der Waals surface area (Å²) in [5.74, 6) is -0.569. The van der Waals surface area contributed by atoms with Crippen molar-refractivity contribution in [1.82, 2.24) is 9.80 Å². The first-order chi connectivity index (χ1) is 13.5. The first-order valence-corrected chi connectivity index (χ1v) is 10.9. The number of likely N-dealkylation sites (tertiary alicyclic amines) is 1. The van der Waals surface area contributed by atoms with E-state index in [0.717, 1.165) is 22.8 Å². The molecule has 1 aromatic carbocycles. The van der Waals surface area contributed by atoms with Gasteiger partial charge in [0.25, 0.3) is 5.91 Å². The molecule has 2 aliphatic rings. The third-order valence-corrected chi connectivity index (χ3v) is 7.57. The van der Waals surface area contributed by atoms with Gasteiger partial charge in [0.2, 0.25) is 0 Å². The molecule has 0 saturated carbocycles. The van der Waals surface area contributed by atoms with E-state index < -0.39 is 17.7 Å². The Morgan fingerprint density at radius 1 is 1.11 bits per heavy atom. The van der Waals surface area contributed by atoms with Gasteiger partial charge in [-0.3, -0.25) is 4.79 Å². The van der Waals surface area contributed by atoms with E-state index in [1.807, 2.05) is 22.4 Å². The number of hydrogen-bond acceptors (Lipinski definition) is 4. The number of nitrogens with zero attached hydrogens (tertiary/aromatic N) is 2. The van der Waals surface area contributed by atoms with E-state index in [2.05, 4.69) is 5.32 Å². The summed E-state index contributed by atoms with van der Waals surface area (Å²) >= 11 is 3.21. The topological polar surface area (TPSA) is 52.7 Å². The summed E-state index contributed by atoms with van der Waals surface area (Å²) in [6, 6.07) is 6.34. The van der Waals surface area contributed by atoms with Gasteiger partial charge < -0.3 is 15.1 Å². The molecule has 4 rings (SSSR count). The van der Waals surface area contributed by atoms with Crippen LogP contribution >= 0.6 is 23.1 Å². The highest BCUT2D eigenvalue weighted by atomic mass is 32.2. The molecule has 2 aromatic rings. The van der Waals surface area contributed by atoms with Crippen molar-refractivity contribution in [3.05, 3.63) is 52.2 Å². The van der Waals surface area contributed by atoms with E-state index >= 15 is 0 Å². The van der Waals surface area contributed by atoms with E-state index in [0.29, 0.717) is 32.5 Å². The Labute approximate surface area is 169 Å². The van der Waals surface area contributed by atoms with E-state index in [1.54, 1.807) is 16.7 Å². The SMILES string of the molecule is O=C(Nc1ccc(F)cc1F)N1CCC2(CC1)SCCN2C(=O)c1cccs1. The molecule has 28 heavy (non-hydrogen) atoms. The van der Waals surface area contributed by atoms with Crippen LogP contribution in [0.3, 0.4) is 0 Å². The minimum atomic E-state index is -0.805. The zero-order valence-corrected chi connectivity index (χ0v) is 16.6. The Bertz CT molecular complexity index is 883. The van der Waals surface area contributed by atoms with E-state index in [1.165, 1.54) is 17.4 Å². The molecule has 0 aliphatic carbocycles. The number of amides is 3. The molecule has 3 amide bonds. The fraction of sp³-hybridized carbons (Fsp3) is 0.368. The van der Waals surface area contributed by atoms with Crippen LogP contribution in [0.25, 0.3) is 0 Å². The van der Waals surface area contributed by atoms with Gasteiger partial charge in [-0.25, -0.2) is 13.6 Å². The van der Waals surface area contributed by atoms with Crippen LogP contribution in [0.1, 0.15) is 22.5 Å². The van der Waals surface area contributed by atoms with Gasteiger partial charge in [-0.05, 0) is 36.4 Å². The normalized spacial score (nSPS) is 18.5. The van der Waals surface area contributed by atoms with Crippen LogP contribution in [-0.4, -0.2) is 52.0 Å². The van der Waals surface area contributed by atoms with Crippen LogP contribution in [0.5, 0.6) is 0 Å². The highest BCUT2D eigenvalue weighted by Crippen LogP contribution is 2.44. The number of rotatable bonds is 2. The third kappa shape index (κ3) is 3.60. The van der Waals surface area contributed by atoms with Gasteiger partial charge in [0.1, 0.15) is 11.6 Å². The highest BCUT2D eigenvalue weighted by Gasteiger charge is 2.47. The van der Waals surface area contributed by atoms with Crippen LogP contribution in [0, 0.1) is 11.6 Å². The molecule has 2 saturated heterocycles. The Balaban J connectivity index is 1.40. The minimum Gasteiger partial charge on any atom is -0.324 e. The quantitative estimate of drug-likeness (QED) is 0.786. The number of carbonyl (C=O) groups excluding carboxylic acids is 2. The van der Waals surface area contributed by atoms with Gasteiger partial charge in [-0.1, -0.05) is 6.07 Å². The summed E-state index contributed by atoms with van der Waals surface area (Å²) in [5.41, 5.74) is -0.0450. The molecule has 148 valence electrons. The second-order valence-electron chi connectivity index (χ2n) is 6.77. The van der Waals surface area contributed by atoms with Crippen molar-refractivity contribution >= 4 is 40.7 Å². The van der Waals surface area contributed by atoms with Crippen molar-refractivity contribution in [2.24, 2.45) is 0 Å². The number of halogens is 2. The van der Waals surface area contributed by atoms with Gasteiger partial charge in [0, 0.05) is 31.5 Å². The van der Waals surface area contributed by atoms with E-state index in [9.17, 15) is 18.4 Å². The molecule has 2 fully saturated rings. The van der Waals surface area contributed by atoms with E-state index in [4.69, 9.17) is 0 Å². The van der Waals surface area contributed by atoms with Crippen LogP contribution in [-0.2, 0) is 0 Å². The van der Waals surface area contributed by atoms with Gasteiger partial charge in [0.15, 0.2) is 0 Å². The van der Waals surface area contributed by atoms with Crippen LogP contribution in [0.4, 0.5) is 19.3 Å². The molecular formula is C19H19F2N3O2S2. The summed E-state index contributed by atoms with van der Waals surface area (Å²) < 4.78 is 26.8. The summed E-state index contributed by atoms with van der Waals surface area (Å²) in [6.45, 7) is 1.64. The second-order valence-corrected chi connectivity index (χ2v) is 9.17. The van der Waals surface area contributed by atoms with Gasteiger partial charge >= 0.3 is 6.03 Å². The average molecular weight is 424 g/mol. The molecule has 0 radical (unpaired) electrons. The molecular weight excluding hydrogens is 404 g/mol. The molecule has 1 aromatic heterocycles.